The van der Waals surface area contributed by atoms with Crippen LogP contribution in [-0.2, 0) is 0 Å². The van der Waals surface area contributed by atoms with Gasteiger partial charge in [0.05, 0.1) is 6.61 Å². The van der Waals surface area contributed by atoms with Crippen molar-refractivity contribution in [2.75, 3.05) is 6.61 Å². The number of hydrogen-bond acceptors (Lipinski definition) is 3. The first kappa shape index (κ1) is 12.6. The van der Waals surface area contributed by atoms with E-state index in [-0.39, 0.29) is 5.84 Å². The van der Waals surface area contributed by atoms with Crippen LogP contribution in [0, 0.1) is 5.41 Å². The van der Waals surface area contributed by atoms with Crippen molar-refractivity contribution in [3.63, 3.8) is 0 Å². The van der Waals surface area contributed by atoms with E-state index in [1.165, 1.54) is 19.3 Å². The molecule has 0 saturated carbocycles. The predicted octanol–water partition coefficient (Wildman–Crippen LogP) is 2.69. The van der Waals surface area contributed by atoms with Gasteiger partial charge in [-0.1, -0.05) is 26.2 Å². The summed E-state index contributed by atoms with van der Waals surface area (Å²) < 4.78 is 5.67. The molecule has 1 aliphatic rings. The highest BCUT2D eigenvalue weighted by Gasteiger charge is 2.18. The summed E-state index contributed by atoms with van der Waals surface area (Å²) in [6, 6.07) is 5.61. The van der Waals surface area contributed by atoms with Gasteiger partial charge in [0.25, 0.3) is 0 Å². The van der Waals surface area contributed by atoms with Crippen LogP contribution in [0.2, 0.25) is 0 Å². The molecule has 0 unspecified atom stereocenters. The first-order valence-corrected chi connectivity index (χ1v) is 6.42. The van der Waals surface area contributed by atoms with E-state index in [1.54, 1.807) is 0 Å². The summed E-state index contributed by atoms with van der Waals surface area (Å²) in [5.74, 6) is 1.43. The van der Waals surface area contributed by atoms with Crippen LogP contribution in [0.4, 0.5) is 0 Å². The van der Waals surface area contributed by atoms with Crippen molar-refractivity contribution in [2.24, 2.45) is 10.7 Å². The standard InChI is InChI=1S/C14H19N3O/c1-2-3-4-5-8-18-10-6-7-11-12(9-10)14(16)17-13(11)15/h6-7,9H,2-5,8H2,1H3,(H3,15,16,17). The molecule has 96 valence electrons. The van der Waals surface area contributed by atoms with E-state index in [1.807, 2.05) is 18.2 Å². The van der Waals surface area contributed by atoms with E-state index in [4.69, 9.17) is 15.9 Å². The molecule has 0 bridgehead atoms. The average molecular weight is 245 g/mol. The average Bonchev–Trinajstić information content (AvgIpc) is 2.65. The molecule has 0 atom stereocenters. The van der Waals surface area contributed by atoms with Crippen molar-refractivity contribution in [1.29, 1.82) is 5.41 Å². The fraction of sp³-hybridized carbons (Fsp3) is 0.429. The molecule has 0 spiro atoms. The molecule has 0 aromatic heterocycles. The third-order valence-corrected chi connectivity index (χ3v) is 3.02. The van der Waals surface area contributed by atoms with Gasteiger partial charge in [-0.25, -0.2) is 4.99 Å². The highest BCUT2D eigenvalue weighted by atomic mass is 16.5. The Balaban J connectivity index is 1.93. The van der Waals surface area contributed by atoms with Gasteiger partial charge in [-0.15, -0.1) is 0 Å². The Morgan fingerprint density at radius 1 is 1.22 bits per heavy atom. The van der Waals surface area contributed by atoms with Crippen LogP contribution in [0.25, 0.3) is 0 Å². The maximum Gasteiger partial charge on any atom is 0.155 e. The van der Waals surface area contributed by atoms with E-state index in [0.29, 0.717) is 5.84 Å². The number of unbranched alkanes of at least 4 members (excludes halogenated alkanes) is 3. The summed E-state index contributed by atoms with van der Waals surface area (Å²) in [6.45, 7) is 2.92. The number of hydrogen-bond donors (Lipinski definition) is 2. The zero-order valence-corrected chi connectivity index (χ0v) is 10.7. The van der Waals surface area contributed by atoms with Crippen molar-refractivity contribution in [2.45, 2.75) is 32.6 Å². The minimum absolute atomic E-state index is 0.221. The normalized spacial score (nSPS) is 13.4. The quantitative estimate of drug-likeness (QED) is 0.756. The monoisotopic (exact) mass is 245 g/mol. The van der Waals surface area contributed by atoms with Gasteiger partial charge in [-0.3, -0.25) is 5.41 Å². The summed E-state index contributed by atoms with van der Waals surface area (Å²) in [5.41, 5.74) is 7.30. The van der Waals surface area contributed by atoms with Gasteiger partial charge in [-0.2, -0.15) is 0 Å². The number of amidine groups is 2. The maximum atomic E-state index is 7.70. The van der Waals surface area contributed by atoms with Crippen LogP contribution in [0.5, 0.6) is 5.75 Å². The Bertz CT molecular complexity index is 480. The summed E-state index contributed by atoms with van der Waals surface area (Å²) in [6.07, 6.45) is 4.75. The fourth-order valence-electron chi connectivity index (χ4n) is 1.99. The van der Waals surface area contributed by atoms with E-state index < -0.39 is 0 Å². The summed E-state index contributed by atoms with van der Waals surface area (Å²) in [4.78, 5) is 3.94. The van der Waals surface area contributed by atoms with E-state index in [2.05, 4.69) is 11.9 Å². The summed E-state index contributed by atoms with van der Waals surface area (Å²) >= 11 is 0. The van der Waals surface area contributed by atoms with Gasteiger partial charge >= 0.3 is 0 Å². The molecule has 4 heteroatoms. The van der Waals surface area contributed by atoms with Gasteiger partial charge in [0, 0.05) is 11.1 Å². The number of ether oxygens (including phenoxy) is 1. The van der Waals surface area contributed by atoms with Crippen LogP contribution in [-0.4, -0.2) is 18.3 Å². The van der Waals surface area contributed by atoms with Crippen molar-refractivity contribution in [3.8, 4) is 5.75 Å². The molecule has 0 aliphatic carbocycles. The lowest BCUT2D eigenvalue weighted by Gasteiger charge is -2.07. The number of aliphatic imine (C=N–C) groups is 1. The van der Waals surface area contributed by atoms with Crippen LogP contribution >= 0.6 is 0 Å². The smallest absolute Gasteiger partial charge is 0.155 e. The Kier molecular flexibility index (Phi) is 3.97. The number of nitrogens with two attached hydrogens (primary N) is 1. The Labute approximate surface area is 107 Å². The molecule has 1 aromatic carbocycles. The molecule has 3 N–H and O–H groups in total. The molecule has 1 heterocycles. The molecule has 0 fully saturated rings. The third-order valence-electron chi connectivity index (χ3n) is 3.02. The van der Waals surface area contributed by atoms with Crippen LogP contribution in [0.15, 0.2) is 23.2 Å². The molecule has 0 amide bonds. The van der Waals surface area contributed by atoms with E-state index in [9.17, 15) is 0 Å². The van der Waals surface area contributed by atoms with Crippen LogP contribution < -0.4 is 10.5 Å². The minimum Gasteiger partial charge on any atom is -0.494 e. The Morgan fingerprint density at radius 2 is 2.06 bits per heavy atom. The summed E-state index contributed by atoms with van der Waals surface area (Å²) in [7, 11) is 0. The zero-order valence-electron chi connectivity index (χ0n) is 10.7. The third kappa shape index (κ3) is 2.70. The Morgan fingerprint density at radius 3 is 2.83 bits per heavy atom. The molecule has 18 heavy (non-hydrogen) atoms. The minimum atomic E-state index is 0.221. The van der Waals surface area contributed by atoms with Crippen molar-refractivity contribution < 1.29 is 4.74 Å². The van der Waals surface area contributed by atoms with Gasteiger partial charge in [0.1, 0.15) is 11.6 Å². The predicted molar refractivity (Wildman–Crippen MR) is 73.6 cm³/mol. The highest BCUT2D eigenvalue weighted by molar-refractivity contribution is 6.20. The van der Waals surface area contributed by atoms with E-state index >= 15 is 0 Å². The highest BCUT2D eigenvalue weighted by Crippen LogP contribution is 2.23. The molecule has 2 rings (SSSR count). The fourth-order valence-corrected chi connectivity index (χ4v) is 1.99. The second-order valence-corrected chi connectivity index (χ2v) is 4.46. The molecular weight excluding hydrogens is 226 g/mol. The van der Waals surface area contributed by atoms with Gasteiger partial charge in [0.2, 0.25) is 0 Å². The summed E-state index contributed by atoms with van der Waals surface area (Å²) in [5, 5.41) is 7.70. The number of rotatable bonds is 6. The number of nitrogens with one attached hydrogen (secondary N) is 1. The number of benzene rings is 1. The molecular formula is C14H19N3O. The van der Waals surface area contributed by atoms with Gasteiger partial charge < -0.3 is 10.5 Å². The first-order chi connectivity index (χ1) is 8.72. The van der Waals surface area contributed by atoms with Crippen molar-refractivity contribution in [1.82, 2.24) is 0 Å². The maximum absolute atomic E-state index is 7.70. The zero-order chi connectivity index (χ0) is 13.0. The second kappa shape index (κ2) is 5.67. The lowest BCUT2D eigenvalue weighted by molar-refractivity contribution is 0.305. The lowest BCUT2D eigenvalue weighted by Crippen LogP contribution is -2.10. The van der Waals surface area contributed by atoms with E-state index in [0.717, 1.165) is 29.9 Å². The van der Waals surface area contributed by atoms with Gasteiger partial charge in [-0.05, 0) is 24.6 Å². The second-order valence-electron chi connectivity index (χ2n) is 4.46. The first-order valence-electron chi connectivity index (χ1n) is 6.42. The van der Waals surface area contributed by atoms with Crippen molar-refractivity contribution in [3.05, 3.63) is 29.3 Å². The molecule has 1 aromatic rings. The van der Waals surface area contributed by atoms with Gasteiger partial charge in [0.15, 0.2) is 5.84 Å². The number of nitrogens with zero attached hydrogens (tertiary/aromatic N) is 1. The Hall–Kier alpha value is -1.84. The SMILES string of the molecule is CCCCCCOc1ccc2c(c1)C(=N)N=C2N. The number of fused-ring (bicyclic) bond motifs is 1. The molecule has 0 radical (unpaired) electrons. The molecule has 1 aliphatic heterocycles. The topological polar surface area (TPSA) is 71.5 Å². The molecule has 4 nitrogen and oxygen atoms in total. The lowest BCUT2D eigenvalue weighted by atomic mass is 10.1. The van der Waals surface area contributed by atoms with Crippen LogP contribution in [0.3, 0.4) is 0 Å². The van der Waals surface area contributed by atoms with Crippen molar-refractivity contribution >= 4 is 11.7 Å². The largest absolute Gasteiger partial charge is 0.494 e. The van der Waals surface area contributed by atoms with Crippen LogP contribution in [0.1, 0.15) is 43.7 Å². The molecule has 0 saturated heterocycles.